The normalized spacial score (nSPS) is 14.8. The molecule has 1 aromatic heterocycles. The quantitative estimate of drug-likeness (QED) is 0.715. The van der Waals surface area contributed by atoms with E-state index in [9.17, 15) is 4.39 Å². The van der Waals surface area contributed by atoms with Crippen molar-refractivity contribution in [2.75, 3.05) is 0 Å². The Hall–Kier alpha value is -2.01. The van der Waals surface area contributed by atoms with Crippen LogP contribution in [0.4, 0.5) is 4.39 Å². The Bertz CT molecular complexity index is 861. The summed E-state index contributed by atoms with van der Waals surface area (Å²) >= 11 is 5.31. The molecule has 3 aromatic rings. The summed E-state index contributed by atoms with van der Waals surface area (Å²) in [4.78, 5) is 0. The van der Waals surface area contributed by atoms with Crippen molar-refractivity contribution in [2.24, 2.45) is 0 Å². The molecule has 0 amide bonds. The fourth-order valence-corrected chi connectivity index (χ4v) is 2.90. The van der Waals surface area contributed by atoms with E-state index in [0.717, 1.165) is 29.6 Å². The molecule has 1 aliphatic rings. The first-order valence-corrected chi connectivity index (χ1v) is 7.01. The summed E-state index contributed by atoms with van der Waals surface area (Å²) in [6.07, 6.45) is 2.25. The van der Waals surface area contributed by atoms with Gasteiger partial charge in [0, 0.05) is 17.0 Å². The number of halogens is 1. The molecule has 0 atom stereocenters. The number of aromatic nitrogens is 3. The molecule has 1 saturated carbocycles. The molecular weight excluding hydrogens is 273 g/mol. The van der Waals surface area contributed by atoms with E-state index in [1.165, 1.54) is 6.07 Å². The Morgan fingerprint density at radius 3 is 2.65 bits per heavy atom. The molecule has 5 heteroatoms. The highest BCUT2D eigenvalue weighted by Gasteiger charge is 2.28. The zero-order valence-electron chi connectivity index (χ0n) is 10.6. The van der Waals surface area contributed by atoms with Gasteiger partial charge in [-0.1, -0.05) is 24.3 Å². The van der Waals surface area contributed by atoms with E-state index in [4.69, 9.17) is 12.2 Å². The van der Waals surface area contributed by atoms with E-state index in [2.05, 4.69) is 14.8 Å². The van der Waals surface area contributed by atoms with Gasteiger partial charge < -0.3 is 0 Å². The van der Waals surface area contributed by atoms with E-state index >= 15 is 0 Å². The number of nitrogens with zero attached hydrogens (tertiary/aromatic N) is 2. The SMILES string of the molecule is Fc1ccc(-c2n[nH]c(=S)n2C2CC2)c2ccccc12. The van der Waals surface area contributed by atoms with Crippen LogP contribution >= 0.6 is 12.2 Å². The summed E-state index contributed by atoms with van der Waals surface area (Å²) in [7, 11) is 0. The molecule has 4 rings (SSSR count). The van der Waals surface area contributed by atoms with Gasteiger partial charge in [0.05, 0.1) is 0 Å². The molecule has 0 spiro atoms. The maximum atomic E-state index is 13.9. The number of rotatable bonds is 2. The third kappa shape index (κ3) is 1.70. The lowest BCUT2D eigenvalue weighted by molar-refractivity contribution is 0.640. The van der Waals surface area contributed by atoms with Crippen molar-refractivity contribution < 1.29 is 4.39 Å². The van der Waals surface area contributed by atoms with Crippen molar-refractivity contribution in [1.82, 2.24) is 14.8 Å². The molecule has 3 nitrogen and oxygen atoms in total. The molecule has 1 fully saturated rings. The van der Waals surface area contributed by atoms with Crippen LogP contribution in [0.15, 0.2) is 36.4 Å². The fraction of sp³-hybridized carbons (Fsp3) is 0.200. The number of fused-ring (bicyclic) bond motifs is 1. The molecule has 0 radical (unpaired) electrons. The van der Waals surface area contributed by atoms with Crippen molar-refractivity contribution >= 4 is 23.0 Å². The molecule has 100 valence electrons. The van der Waals surface area contributed by atoms with Crippen molar-refractivity contribution in [3.05, 3.63) is 47.0 Å². The first-order chi connectivity index (χ1) is 9.75. The average Bonchev–Trinajstić information content (AvgIpc) is 3.23. The summed E-state index contributed by atoms with van der Waals surface area (Å²) in [6.45, 7) is 0. The lowest BCUT2D eigenvalue weighted by Crippen LogP contribution is -1.98. The van der Waals surface area contributed by atoms with Crippen molar-refractivity contribution in [1.29, 1.82) is 0 Å². The van der Waals surface area contributed by atoms with Crippen LogP contribution in [0.2, 0.25) is 0 Å². The van der Waals surface area contributed by atoms with Crippen LogP contribution in [0, 0.1) is 10.6 Å². The van der Waals surface area contributed by atoms with Gasteiger partial charge in [0.15, 0.2) is 10.6 Å². The maximum Gasteiger partial charge on any atom is 0.195 e. The topological polar surface area (TPSA) is 33.6 Å². The Labute approximate surface area is 120 Å². The fourth-order valence-electron chi connectivity index (χ4n) is 2.62. The van der Waals surface area contributed by atoms with Gasteiger partial charge in [-0.05, 0) is 42.6 Å². The Kier molecular flexibility index (Phi) is 2.50. The number of H-pyrrole nitrogens is 1. The number of nitrogens with one attached hydrogen (secondary N) is 1. The second kappa shape index (κ2) is 4.24. The van der Waals surface area contributed by atoms with Gasteiger partial charge in [-0.15, -0.1) is 0 Å². The molecule has 1 N–H and O–H groups in total. The standard InChI is InChI=1S/C15H12FN3S/c16-13-8-7-12(10-3-1-2-4-11(10)13)14-17-18-15(20)19(14)9-5-6-9/h1-4,7-9H,5-6H2,(H,18,20). The predicted octanol–water partition coefficient (Wildman–Crippen LogP) is 4.23. The molecular formula is C15H12FN3S. The van der Waals surface area contributed by atoms with E-state index < -0.39 is 0 Å². The summed E-state index contributed by atoms with van der Waals surface area (Å²) in [5.74, 6) is 0.588. The van der Waals surface area contributed by atoms with E-state index in [-0.39, 0.29) is 5.82 Å². The van der Waals surface area contributed by atoms with E-state index in [1.54, 1.807) is 12.1 Å². The molecule has 1 aliphatic carbocycles. The zero-order chi connectivity index (χ0) is 13.7. The van der Waals surface area contributed by atoms with Gasteiger partial charge in [-0.2, -0.15) is 5.10 Å². The minimum atomic E-state index is -0.212. The number of hydrogen-bond donors (Lipinski definition) is 1. The molecule has 20 heavy (non-hydrogen) atoms. The molecule has 2 aromatic carbocycles. The minimum absolute atomic E-state index is 0.212. The van der Waals surface area contributed by atoms with Gasteiger partial charge >= 0.3 is 0 Å². The van der Waals surface area contributed by atoms with Gasteiger partial charge in [-0.25, -0.2) is 4.39 Å². The van der Waals surface area contributed by atoms with Crippen LogP contribution in [0.25, 0.3) is 22.2 Å². The molecule has 0 unspecified atom stereocenters. The monoisotopic (exact) mass is 285 g/mol. The Morgan fingerprint density at radius 1 is 1.15 bits per heavy atom. The van der Waals surface area contributed by atoms with Crippen molar-refractivity contribution in [3.63, 3.8) is 0 Å². The highest BCUT2D eigenvalue weighted by atomic mass is 32.1. The lowest BCUT2D eigenvalue weighted by atomic mass is 10.0. The predicted molar refractivity (Wildman–Crippen MR) is 78.6 cm³/mol. The Morgan fingerprint density at radius 2 is 1.90 bits per heavy atom. The maximum absolute atomic E-state index is 13.9. The average molecular weight is 285 g/mol. The largest absolute Gasteiger partial charge is 0.297 e. The van der Waals surface area contributed by atoms with Crippen LogP contribution in [0.1, 0.15) is 18.9 Å². The van der Waals surface area contributed by atoms with Crippen LogP contribution in [-0.4, -0.2) is 14.8 Å². The molecule has 0 bridgehead atoms. The first kappa shape index (κ1) is 11.8. The van der Waals surface area contributed by atoms with Crippen molar-refractivity contribution in [2.45, 2.75) is 18.9 Å². The number of aromatic amines is 1. The van der Waals surface area contributed by atoms with Crippen LogP contribution in [0.5, 0.6) is 0 Å². The van der Waals surface area contributed by atoms with Gasteiger partial charge in [0.1, 0.15) is 5.82 Å². The van der Waals surface area contributed by atoms with Crippen LogP contribution < -0.4 is 0 Å². The van der Waals surface area contributed by atoms with Crippen molar-refractivity contribution in [3.8, 4) is 11.4 Å². The number of hydrogen-bond acceptors (Lipinski definition) is 2. The second-order valence-electron chi connectivity index (χ2n) is 5.09. The summed E-state index contributed by atoms with van der Waals surface area (Å²) in [5.41, 5.74) is 0.918. The second-order valence-corrected chi connectivity index (χ2v) is 5.48. The third-order valence-corrected chi connectivity index (χ3v) is 4.02. The van der Waals surface area contributed by atoms with Crippen LogP contribution in [-0.2, 0) is 0 Å². The van der Waals surface area contributed by atoms with E-state index in [0.29, 0.717) is 16.2 Å². The summed E-state index contributed by atoms with van der Waals surface area (Å²) in [5, 5.41) is 8.69. The summed E-state index contributed by atoms with van der Waals surface area (Å²) in [6, 6.07) is 11.2. The van der Waals surface area contributed by atoms with Gasteiger partial charge in [0.25, 0.3) is 0 Å². The zero-order valence-corrected chi connectivity index (χ0v) is 11.5. The smallest absolute Gasteiger partial charge is 0.195 e. The van der Waals surface area contributed by atoms with Gasteiger partial charge in [-0.3, -0.25) is 9.67 Å². The minimum Gasteiger partial charge on any atom is -0.297 e. The number of benzene rings is 2. The summed E-state index contributed by atoms with van der Waals surface area (Å²) < 4.78 is 16.6. The highest BCUT2D eigenvalue weighted by molar-refractivity contribution is 7.71. The van der Waals surface area contributed by atoms with Gasteiger partial charge in [0.2, 0.25) is 0 Å². The first-order valence-electron chi connectivity index (χ1n) is 6.60. The Balaban J connectivity index is 2.04. The molecule has 0 aliphatic heterocycles. The molecule has 0 saturated heterocycles. The lowest BCUT2D eigenvalue weighted by Gasteiger charge is -2.08. The third-order valence-electron chi connectivity index (χ3n) is 3.73. The highest BCUT2D eigenvalue weighted by Crippen LogP contribution is 2.39. The van der Waals surface area contributed by atoms with Crippen LogP contribution in [0.3, 0.4) is 0 Å². The molecule has 1 heterocycles. The van der Waals surface area contributed by atoms with E-state index in [1.807, 2.05) is 18.2 Å².